The monoisotopic (exact) mass is 354 g/mol. The van der Waals surface area contributed by atoms with Crippen LogP contribution in [0.4, 0.5) is 8.78 Å². The van der Waals surface area contributed by atoms with E-state index in [1.165, 1.54) is 6.07 Å². The van der Waals surface area contributed by atoms with Gasteiger partial charge in [-0.1, -0.05) is 41.9 Å². The van der Waals surface area contributed by atoms with Gasteiger partial charge in [-0.05, 0) is 82.9 Å². The summed E-state index contributed by atoms with van der Waals surface area (Å²) in [5.74, 6) is -0.316. The summed E-state index contributed by atoms with van der Waals surface area (Å²) in [6, 6.07) is 20.0. The molecular formula is C22H17ClF2. The Bertz CT molecular complexity index is 1010. The van der Waals surface area contributed by atoms with Gasteiger partial charge >= 0.3 is 0 Å². The first kappa shape index (κ1) is 17.4. The molecule has 0 saturated carbocycles. The molecule has 0 spiro atoms. The van der Waals surface area contributed by atoms with Gasteiger partial charge in [0, 0.05) is 5.02 Å². The molecule has 0 aliphatic rings. The molecule has 0 saturated heterocycles. The Morgan fingerprint density at radius 1 is 0.600 bits per heavy atom. The van der Waals surface area contributed by atoms with Crippen LogP contribution < -0.4 is 0 Å². The fourth-order valence-corrected chi connectivity index (χ4v) is 2.86. The molecule has 126 valence electrons. The largest absolute Gasteiger partial charge is 0.207 e. The van der Waals surface area contributed by atoms with Crippen LogP contribution in [0.25, 0.3) is 21.5 Å². The van der Waals surface area contributed by atoms with Crippen LogP contribution in [0.3, 0.4) is 0 Å². The number of aryl methyl sites for hydroxylation is 2. The van der Waals surface area contributed by atoms with Crippen molar-refractivity contribution in [3.05, 3.63) is 94.5 Å². The molecule has 4 aromatic carbocycles. The van der Waals surface area contributed by atoms with E-state index in [0.29, 0.717) is 16.1 Å². The molecule has 25 heavy (non-hydrogen) atoms. The lowest BCUT2D eigenvalue weighted by atomic mass is 10.1. The molecule has 0 aliphatic heterocycles. The van der Waals surface area contributed by atoms with E-state index in [1.807, 2.05) is 42.5 Å². The van der Waals surface area contributed by atoms with Crippen molar-refractivity contribution in [3.8, 4) is 0 Å². The Kier molecular flexibility index (Phi) is 5.00. The summed E-state index contributed by atoms with van der Waals surface area (Å²) in [7, 11) is 0. The molecule has 0 radical (unpaired) electrons. The first-order chi connectivity index (χ1) is 11.9. The van der Waals surface area contributed by atoms with Gasteiger partial charge < -0.3 is 0 Å². The van der Waals surface area contributed by atoms with Crippen LogP contribution >= 0.6 is 11.6 Å². The third-order valence-electron chi connectivity index (χ3n) is 4.11. The van der Waals surface area contributed by atoms with E-state index >= 15 is 0 Å². The highest BCUT2D eigenvalue weighted by Gasteiger charge is 2.00. The standard InChI is InChI=1S/C11H8ClF.C11H9F/c1-7-4-8-2-3-10(12)5-9(8)6-11(7)13;1-8-6-9-4-2-3-5-10(9)7-11(8)12/h2-6H,1H3;2-7H,1H3. The van der Waals surface area contributed by atoms with Gasteiger partial charge in [0.15, 0.2) is 0 Å². The predicted octanol–water partition coefficient (Wildman–Crippen LogP) is 7.23. The average Bonchev–Trinajstić information content (AvgIpc) is 2.58. The van der Waals surface area contributed by atoms with Crippen LogP contribution in [0.5, 0.6) is 0 Å². The zero-order valence-electron chi connectivity index (χ0n) is 14.0. The summed E-state index contributed by atoms with van der Waals surface area (Å²) in [5.41, 5.74) is 1.36. The van der Waals surface area contributed by atoms with Crippen molar-refractivity contribution < 1.29 is 8.78 Å². The number of fused-ring (bicyclic) bond motifs is 2. The summed E-state index contributed by atoms with van der Waals surface area (Å²) >= 11 is 5.79. The Morgan fingerprint density at radius 3 is 1.68 bits per heavy atom. The molecular weight excluding hydrogens is 338 g/mol. The van der Waals surface area contributed by atoms with Gasteiger partial charge in [0.05, 0.1) is 0 Å². The topological polar surface area (TPSA) is 0 Å². The normalized spacial score (nSPS) is 10.6. The summed E-state index contributed by atoms with van der Waals surface area (Å²) in [5, 5.41) is 4.55. The second kappa shape index (κ2) is 7.20. The molecule has 0 atom stereocenters. The molecule has 0 nitrogen and oxygen atoms in total. The molecule has 0 aromatic heterocycles. The molecule has 0 bridgehead atoms. The van der Waals surface area contributed by atoms with Gasteiger partial charge in [-0.25, -0.2) is 8.78 Å². The van der Waals surface area contributed by atoms with E-state index in [1.54, 1.807) is 32.0 Å². The SMILES string of the molecule is Cc1cc2ccc(Cl)cc2cc1F.Cc1cc2ccccc2cc1F. The Labute approximate surface area is 150 Å². The summed E-state index contributed by atoms with van der Waals surface area (Å²) < 4.78 is 26.2. The van der Waals surface area contributed by atoms with Crippen LogP contribution in [0.15, 0.2) is 66.7 Å². The van der Waals surface area contributed by atoms with Gasteiger partial charge in [0.1, 0.15) is 11.6 Å². The smallest absolute Gasteiger partial charge is 0.126 e. The van der Waals surface area contributed by atoms with Crippen molar-refractivity contribution in [1.82, 2.24) is 0 Å². The molecule has 0 amide bonds. The van der Waals surface area contributed by atoms with E-state index in [0.717, 1.165) is 21.5 Å². The molecule has 0 N–H and O–H groups in total. The van der Waals surface area contributed by atoms with E-state index in [9.17, 15) is 8.78 Å². The van der Waals surface area contributed by atoms with Gasteiger partial charge in [-0.15, -0.1) is 0 Å². The van der Waals surface area contributed by atoms with E-state index in [2.05, 4.69) is 0 Å². The fraction of sp³-hybridized carbons (Fsp3) is 0.0909. The number of rotatable bonds is 0. The molecule has 0 fully saturated rings. The van der Waals surface area contributed by atoms with Crippen LogP contribution in [0.2, 0.25) is 5.02 Å². The summed E-state index contributed by atoms with van der Waals surface area (Å²) in [4.78, 5) is 0. The molecule has 0 unspecified atom stereocenters. The number of hydrogen-bond donors (Lipinski definition) is 0. The molecule has 3 heteroatoms. The zero-order valence-corrected chi connectivity index (χ0v) is 14.7. The van der Waals surface area contributed by atoms with Gasteiger partial charge in [0.25, 0.3) is 0 Å². The maximum atomic E-state index is 13.1. The van der Waals surface area contributed by atoms with Gasteiger partial charge in [-0.2, -0.15) is 0 Å². The number of hydrogen-bond acceptors (Lipinski definition) is 0. The third-order valence-corrected chi connectivity index (χ3v) is 4.34. The van der Waals surface area contributed by atoms with E-state index in [4.69, 9.17) is 11.6 Å². The maximum Gasteiger partial charge on any atom is 0.126 e. The minimum absolute atomic E-state index is 0.131. The predicted molar refractivity (Wildman–Crippen MR) is 102 cm³/mol. The van der Waals surface area contributed by atoms with Gasteiger partial charge in [0.2, 0.25) is 0 Å². The van der Waals surface area contributed by atoms with E-state index in [-0.39, 0.29) is 11.6 Å². The Balaban J connectivity index is 0.000000146. The second-order valence-electron chi connectivity index (χ2n) is 6.04. The van der Waals surface area contributed by atoms with Crippen LogP contribution in [-0.2, 0) is 0 Å². The minimum Gasteiger partial charge on any atom is -0.207 e. The average molecular weight is 355 g/mol. The van der Waals surface area contributed by atoms with Crippen LogP contribution in [0, 0.1) is 25.5 Å². The van der Waals surface area contributed by atoms with Crippen molar-refractivity contribution >= 4 is 33.1 Å². The first-order valence-corrected chi connectivity index (χ1v) is 8.32. The Hall–Kier alpha value is -2.45. The third kappa shape index (κ3) is 3.97. The quantitative estimate of drug-likeness (QED) is 0.312. The van der Waals surface area contributed by atoms with Crippen molar-refractivity contribution in [2.45, 2.75) is 13.8 Å². The van der Waals surface area contributed by atoms with Crippen LogP contribution in [0.1, 0.15) is 11.1 Å². The molecule has 4 rings (SSSR count). The van der Waals surface area contributed by atoms with Crippen molar-refractivity contribution in [2.24, 2.45) is 0 Å². The Morgan fingerprint density at radius 2 is 1.08 bits per heavy atom. The lowest BCUT2D eigenvalue weighted by Gasteiger charge is -2.01. The fourth-order valence-electron chi connectivity index (χ4n) is 2.68. The van der Waals surface area contributed by atoms with Crippen LogP contribution in [-0.4, -0.2) is 0 Å². The van der Waals surface area contributed by atoms with Crippen molar-refractivity contribution in [2.75, 3.05) is 0 Å². The highest BCUT2D eigenvalue weighted by atomic mass is 35.5. The van der Waals surface area contributed by atoms with Crippen molar-refractivity contribution in [3.63, 3.8) is 0 Å². The molecule has 4 aromatic rings. The highest BCUT2D eigenvalue weighted by molar-refractivity contribution is 6.31. The van der Waals surface area contributed by atoms with Gasteiger partial charge in [-0.3, -0.25) is 0 Å². The lowest BCUT2D eigenvalue weighted by Crippen LogP contribution is -1.82. The lowest BCUT2D eigenvalue weighted by molar-refractivity contribution is 0.620. The maximum absolute atomic E-state index is 13.1. The minimum atomic E-state index is -0.185. The van der Waals surface area contributed by atoms with Crippen molar-refractivity contribution in [1.29, 1.82) is 0 Å². The highest BCUT2D eigenvalue weighted by Crippen LogP contribution is 2.22. The molecule has 0 aliphatic carbocycles. The van der Waals surface area contributed by atoms with E-state index < -0.39 is 0 Å². The number of halogens is 3. The first-order valence-electron chi connectivity index (χ1n) is 7.94. The second-order valence-corrected chi connectivity index (χ2v) is 6.48. The zero-order chi connectivity index (χ0) is 18.0. The number of benzene rings is 4. The summed E-state index contributed by atoms with van der Waals surface area (Å²) in [6.45, 7) is 3.53. The molecule has 0 heterocycles. The summed E-state index contributed by atoms with van der Waals surface area (Å²) in [6.07, 6.45) is 0.